The molecule has 0 bridgehead atoms. The minimum atomic E-state index is 0.698. The second kappa shape index (κ2) is 2.63. The van der Waals surface area contributed by atoms with Crippen molar-refractivity contribution in [2.24, 2.45) is 0 Å². The van der Waals surface area contributed by atoms with Crippen LogP contribution < -0.4 is 4.66 Å². The Labute approximate surface area is 72.8 Å². The zero-order valence-corrected chi connectivity index (χ0v) is 6.72. The van der Waals surface area contributed by atoms with E-state index in [1.165, 1.54) is 0 Å². The minimum absolute atomic E-state index is 0.698. The Morgan fingerprint density at radius 3 is 2.73 bits per heavy atom. The topological polar surface area (TPSA) is 12.9 Å². The van der Waals surface area contributed by atoms with E-state index in [1.807, 2.05) is 36.4 Å². The van der Waals surface area contributed by atoms with Crippen molar-refractivity contribution in [2.45, 2.75) is 0 Å². The Balaban J connectivity index is 2.83. The molecule has 0 aliphatic heterocycles. The van der Waals surface area contributed by atoms with Crippen LogP contribution in [0.1, 0.15) is 0 Å². The molecule has 0 fully saturated rings. The standard InChI is InChI=1S/C9H6N.Ni/c1-2-6-9-8(4-1)5-3-7-10-9;/h1-6H;. The predicted octanol–water partition coefficient (Wildman–Crippen LogP) is 1.41. The van der Waals surface area contributed by atoms with Crippen molar-refractivity contribution < 1.29 is 15.5 Å². The Morgan fingerprint density at radius 1 is 1.00 bits per heavy atom. The van der Waals surface area contributed by atoms with Crippen molar-refractivity contribution in [3.05, 3.63) is 36.4 Å². The summed E-state index contributed by atoms with van der Waals surface area (Å²) in [6, 6.07) is 11.8. The fourth-order valence-corrected chi connectivity index (χ4v) is 1.23. The molecule has 1 nitrogen and oxygen atoms in total. The average molecular weight is 187 g/mol. The monoisotopic (exact) mass is 186 g/mol. The third kappa shape index (κ3) is 1.27. The van der Waals surface area contributed by atoms with Crippen molar-refractivity contribution in [2.75, 3.05) is 0 Å². The van der Waals surface area contributed by atoms with E-state index in [-0.39, 0.29) is 0 Å². The summed E-state index contributed by atoms with van der Waals surface area (Å²) in [5.41, 5.74) is 0.983. The normalized spacial score (nSPS) is 10.4. The second-order valence-electron chi connectivity index (χ2n) is 2.30. The maximum absolute atomic E-state index is 4.64. The average Bonchev–Trinajstić information content (AvgIpc) is 2.04. The van der Waals surface area contributed by atoms with E-state index < -0.39 is 0 Å². The molecule has 0 spiro atoms. The number of hydrogen-bond donors (Lipinski definition) is 0. The van der Waals surface area contributed by atoms with Gasteiger partial charge in [0.25, 0.3) is 0 Å². The van der Waals surface area contributed by atoms with E-state index >= 15 is 0 Å². The van der Waals surface area contributed by atoms with Crippen molar-refractivity contribution in [3.8, 4) is 0 Å². The molecule has 11 heavy (non-hydrogen) atoms. The number of hydrogen-bond acceptors (Lipinski definition) is 1. The van der Waals surface area contributed by atoms with Crippen LogP contribution in [-0.4, -0.2) is 4.98 Å². The zero-order valence-electron chi connectivity index (χ0n) is 5.73. The first-order chi connectivity index (χ1) is 5.36. The quantitative estimate of drug-likeness (QED) is 0.568. The molecule has 0 saturated carbocycles. The van der Waals surface area contributed by atoms with Crippen molar-refractivity contribution in [1.82, 2.24) is 4.98 Å². The molecule has 2 rings (SSSR count). The van der Waals surface area contributed by atoms with E-state index in [1.54, 1.807) is 0 Å². The summed E-state index contributed by atoms with van der Waals surface area (Å²) >= 11 is 4.64. The van der Waals surface area contributed by atoms with Gasteiger partial charge in [-0.05, 0) is 0 Å². The van der Waals surface area contributed by atoms with Crippen LogP contribution in [-0.2, 0) is 15.5 Å². The van der Waals surface area contributed by atoms with E-state index in [0.29, 0.717) is 4.66 Å². The van der Waals surface area contributed by atoms with Gasteiger partial charge in [0, 0.05) is 0 Å². The summed E-state index contributed by atoms with van der Waals surface area (Å²) in [4.78, 5) is 4.21. The van der Waals surface area contributed by atoms with Gasteiger partial charge in [-0.15, -0.1) is 0 Å². The van der Waals surface area contributed by atoms with Gasteiger partial charge in [-0.1, -0.05) is 0 Å². The molecule has 1 aromatic heterocycles. The van der Waals surface area contributed by atoms with Crippen molar-refractivity contribution >= 4 is 15.6 Å². The number of nitrogens with zero attached hydrogens (tertiary/aromatic N) is 1. The fraction of sp³-hybridized carbons (Fsp3) is 0. The third-order valence-corrected chi connectivity index (χ3v) is 1.82. The van der Waals surface area contributed by atoms with Gasteiger partial charge >= 0.3 is 72.4 Å². The van der Waals surface area contributed by atoms with Crippen LogP contribution >= 0.6 is 0 Å². The molecule has 0 aliphatic rings. The second-order valence-corrected chi connectivity index (χ2v) is 2.80. The molecular formula is C9H6NNi. The maximum atomic E-state index is 4.64. The summed E-state index contributed by atoms with van der Waals surface area (Å²) in [5, 5.41) is 1.15. The van der Waals surface area contributed by atoms with Crippen LogP contribution in [0.5, 0.6) is 0 Å². The molecule has 2 aromatic rings. The summed E-state index contributed by atoms with van der Waals surface area (Å²) in [5.74, 6) is 0. The van der Waals surface area contributed by atoms with Crippen LogP contribution in [0.25, 0.3) is 10.9 Å². The summed E-state index contributed by atoms with van der Waals surface area (Å²) in [6.45, 7) is 0. The van der Waals surface area contributed by atoms with E-state index in [0.717, 1.165) is 10.9 Å². The predicted molar refractivity (Wildman–Crippen MR) is 41.4 cm³/mol. The van der Waals surface area contributed by atoms with Crippen LogP contribution in [0.15, 0.2) is 36.4 Å². The van der Waals surface area contributed by atoms with E-state index in [4.69, 9.17) is 0 Å². The molecule has 1 aromatic carbocycles. The Morgan fingerprint density at radius 2 is 1.82 bits per heavy atom. The molecule has 57 valence electrons. The van der Waals surface area contributed by atoms with Crippen LogP contribution in [0.3, 0.4) is 0 Å². The number of aromatic nitrogens is 1. The van der Waals surface area contributed by atoms with Gasteiger partial charge in [0.05, 0.1) is 0 Å². The van der Waals surface area contributed by atoms with Crippen LogP contribution in [0.4, 0.5) is 0 Å². The van der Waals surface area contributed by atoms with Crippen molar-refractivity contribution in [3.63, 3.8) is 0 Å². The van der Waals surface area contributed by atoms with Crippen LogP contribution in [0.2, 0.25) is 0 Å². The van der Waals surface area contributed by atoms with Crippen LogP contribution in [0, 0.1) is 0 Å². The molecule has 0 radical (unpaired) electrons. The van der Waals surface area contributed by atoms with E-state index in [2.05, 4.69) is 20.4 Å². The molecule has 0 atom stereocenters. The third-order valence-electron chi connectivity index (χ3n) is 1.55. The Bertz CT molecular complexity index is 384. The van der Waals surface area contributed by atoms with Gasteiger partial charge in [0.15, 0.2) is 0 Å². The number of fused-ring (bicyclic) bond motifs is 1. The van der Waals surface area contributed by atoms with Gasteiger partial charge in [0.1, 0.15) is 0 Å². The van der Waals surface area contributed by atoms with Gasteiger partial charge < -0.3 is 0 Å². The SMILES string of the molecule is [Ni][c]1ccc2ccccc2n1. The first-order valence-corrected chi connectivity index (χ1v) is 3.84. The first-order valence-electron chi connectivity index (χ1n) is 3.34. The Hall–Kier alpha value is -0.876. The first kappa shape index (κ1) is 6.81. The van der Waals surface area contributed by atoms with Crippen molar-refractivity contribution in [1.29, 1.82) is 0 Å². The molecule has 0 unspecified atom stereocenters. The van der Waals surface area contributed by atoms with Gasteiger partial charge in [0.2, 0.25) is 0 Å². The molecule has 1 heterocycles. The van der Waals surface area contributed by atoms with Gasteiger partial charge in [-0.3, -0.25) is 0 Å². The number of pyridine rings is 1. The molecule has 0 saturated heterocycles. The fourth-order valence-electron chi connectivity index (χ4n) is 1.03. The molecular weight excluding hydrogens is 181 g/mol. The summed E-state index contributed by atoms with van der Waals surface area (Å²) in [6.07, 6.45) is 0. The molecule has 0 amide bonds. The molecule has 0 aliphatic carbocycles. The summed E-state index contributed by atoms with van der Waals surface area (Å²) in [7, 11) is 0. The summed E-state index contributed by atoms with van der Waals surface area (Å²) < 4.78 is 0.698. The van der Waals surface area contributed by atoms with Gasteiger partial charge in [-0.2, -0.15) is 0 Å². The number of para-hydroxylation sites is 1. The van der Waals surface area contributed by atoms with Gasteiger partial charge in [-0.25, -0.2) is 0 Å². The Kier molecular flexibility index (Phi) is 1.63. The number of benzene rings is 1. The zero-order chi connectivity index (χ0) is 7.68. The molecule has 0 N–H and O–H groups in total. The van der Waals surface area contributed by atoms with E-state index in [9.17, 15) is 0 Å². The number of rotatable bonds is 0. The molecule has 2 heteroatoms.